The smallest absolute Gasteiger partial charge is 0.337 e. The Morgan fingerprint density at radius 2 is 2.21 bits per heavy atom. The molecule has 0 saturated carbocycles. The summed E-state index contributed by atoms with van der Waals surface area (Å²) in [6, 6.07) is 4.94. The first-order valence-electron chi connectivity index (χ1n) is 4.38. The highest BCUT2D eigenvalue weighted by Crippen LogP contribution is 2.18. The van der Waals surface area contributed by atoms with Crippen LogP contribution >= 0.6 is 0 Å². The van der Waals surface area contributed by atoms with Gasteiger partial charge in [-0.1, -0.05) is 12.1 Å². The van der Waals surface area contributed by atoms with Crippen molar-refractivity contribution in [2.75, 3.05) is 5.73 Å². The number of aromatic carboxylic acids is 1. The third-order valence-corrected chi connectivity index (χ3v) is 1.97. The predicted molar refractivity (Wildman–Crippen MR) is 55.2 cm³/mol. The van der Waals surface area contributed by atoms with E-state index in [1.165, 1.54) is 6.07 Å². The Bertz CT molecular complexity index is 348. The number of nitrogen functional groups attached to an aromatic ring is 1. The highest BCUT2D eigenvalue weighted by molar-refractivity contribution is 5.94. The lowest BCUT2D eigenvalue weighted by atomic mass is 10.0. The number of hydrogen-bond donors (Lipinski definition) is 3. The number of rotatable bonds is 3. The highest BCUT2D eigenvalue weighted by atomic mass is 16.4. The van der Waals surface area contributed by atoms with E-state index in [2.05, 4.69) is 0 Å². The van der Waals surface area contributed by atoms with Gasteiger partial charge in [-0.2, -0.15) is 0 Å². The van der Waals surface area contributed by atoms with Gasteiger partial charge in [-0.15, -0.1) is 0 Å². The van der Waals surface area contributed by atoms with Gasteiger partial charge < -0.3 is 16.6 Å². The van der Waals surface area contributed by atoms with E-state index in [0.29, 0.717) is 12.1 Å². The molecule has 1 rings (SSSR count). The molecule has 0 aromatic heterocycles. The third-order valence-electron chi connectivity index (χ3n) is 1.97. The first-order chi connectivity index (χ1) is 6.52. The molecular formula is C10H14N2O2. The average molecular weight is 194 g/mol. The van der Waals surface area contributed by atoms with Crippen molar-refractivity contribution < 1.29 is 9.90 Å². The summed E-state index contributed by atoms with van der Waals surface area (Å²) in [5, 5.41) is 8.81. The van der Waals surface area contributed by atoms with Crippen molar-refractivity contribution in [1.82, 2.24) is 0 Å². The summed E-state index contributed by atoms with van der Waals surface area (Å²) in [6.07, 6.45) is 0.590. The summed E-state index contributed by atoms with van der Waals surface area (Å²) in [7, 11) is 0. The first kappa shape index (κ1) is 10.5. The summed E-state index contributed by atoms with van der Waals surface area (Å²) >= 11 is 0. The number of carboxylic acid groups (broad SMARTS) is 1. The Morgan fingerprint density at radius 1 is 1.57 bits per heavy atom. The summed E-state index contributed by atoms with van der Waals surface area (Å²) < 4.78 is 0. The number of carboxylic acids is 1. The SMILES string of the molecule is CC(N)Cc1cccc(C(=O)O)c1N. The standard InChI is InChI=1S/C10H14N2O2/c1-6(11)5-7-3-2-4-8(9(7)12)10(13)14/h2-4,6H,5,11-12H2,1H3,(H,13,14). The Balaban J connectivity index is 3.07. The molecule has 0 aliphatic rings. The summed E-state index contributed by atoms with van der Waals surface area (Å²) in [5.74, 6) is -1.01. The molecule has 0 aliphatic heterocycles. The molecule has 4 heteroatoms. The second-order valence-electron chi connectivity index (χ2n) is 3.36. The second-order valence-corrected chi connectivity index (χ2v) is 3.36. The average Bonchev–Trinajstić information content (AvgIpc) is 2.07. The van der Waals surface area contributed by atoms with Crippen molar-refractivity contribution in [3.05, 3.63) is 29.3 Å². The fraction of sp³-hybridized carbons (Fsp3) is 0.300. The molecule has 4 nitrogen and oxygen atoms in total. The number of hydrogen-bond acceptors (Lipinski definition) is 3. The van der Waals surface area contributed by atoms with E-state index in [1.807, 2.05) is 6.92 Å². The summed E-state index contributed by atoms with van der Waals surface area (Å²) in [5.41, 5.74) is 12.6. The summed E-state index contributed by atoms with van der Waals surface area (Å²) in [4.78, 5) is 10.7. The lowest BCUT2D eigenvalue weighted by Crippen LogP contribution is -2.19. The lowest BCUT2D eigenvalue weighted by molar-refractivity contribution is 0.0698. The van der Waals surface area contributed by atoms with Gasteiger partial charge in [0.05, 0.1) is 5.56 Å². The van der Waals surface area contributed by atoms with Gasteiger partial charge in [-0.3, -0.25) is 0 Å². The van der Waals surface area contributed by atoms with Crippen LogP contribution in [0.3, 0.4) is 0 Å². The number of nitrogens with two attached hydrogens (primary N) is 2. The van der Waals surface area contributed by atoms with Crippen molar-refractivity contribution in [2.45, 2.75) is 19.4 Å². The van der Waals surface area contributed by atoms with Crippen LogP contribution in [0.1, 0.15) is 22.8 Å². The largest absolute Gasteiger partial charge is 0.478 e. The molecule has 0 aliphatic carbocycles. The van der Waals surface area contributed by atoms with Crippen LogP contribution < -0.4 is 11.5 Å². The van der Waals surface area contributed by atoms with E-state index >= 15 is 0 Å². The molecule has 0 radical (unpaired) electrons. The van der Waals surface area contributed by atoms with E-state index < -0.39 is 5.97 Å². The van der Waals surface area contributed by atoms with E-state index in [1.54, 1.807) is 12.1 Å². The first-order valence-corrected chi connectivity index (χ1v) is 4.38. The van der Waals surface area contributed by atoms with Gasteiger partial charge in [0.1, 0.15) is 0 Å². The molecule has 5 N–H and O–H groups in total. The Kier molecular flexibility index (Phi) is 3.09. The maximum absolute atomic E-state index is 10.7. The van der Waals surface area contributed by atoms with Crippen LogP contribution in [-0.2, 0) is 6.42 Å². The van der Waals surface area contributed by atoms with Crippen LogP contribution in [-0.4, -0.2) is 17.1 Å². The minimum Gasteiger partial charge on any atom is -0.478 e. The highest BCUT2D eigenvalue weighted by Gasteiger charge is 2.11. The molecule has 0 spiro atoms. The molecule has 0 fully saturated rings. The zero-order chi connectivity index (χ0) is 10.7. The molecule has 0 heterocycles. The minimum atomic E-state index is -1.01. The van der Waals surface area contributed by atoms with Crippen molar-refractivity contribution in [2.24, 2.45) is 5.73 Å². The molecule has 0 bridgehead atoms. The van der Waals surface area contributed by atoms with Gasteiger partial charge in [0, 0.05) is 11.7 Å². The quantitative estimate of drug-likeness (QED) is 0.622. The van der Waals surface area contributed by atoms with Gasteiger partial charge in [-0.05, 0) is 25.0 Å². The van der Waals surface area contributed by atoms with Crippen LogP contribution in [0.4, 0.5) is 5.69 Å². The molecule has 1 atom stereocenters. The molecule has 0 amide bonds. The second kappa shape index (κ2) is 4.11. The third kappa shape index (κ3) is 2.23. The van der Waals surface area contributed by atoms with Gasteiger partial charge in [0.15, 0.2) is 0 Å². The topological polar surface area (TPSA) is 89.3 Å². The molecule has 1 aromatic rings. The zero-order valence-electron chi connectivity index (χ0n) is 8.03. The van der Waals surface area contributed by atoms with Gasteiger partial charge in [0.25, 0.3) is 0 Å². The van der Waals surface area contributed by atoms with Crippen molar-refractivity contribution in [3.63, 3.8) is 0 Å². The lowest BCUT2D eigenvalue weighted by Gasteiger charge is -2.10. The number of anilines is 1. The monoisotopic (exact) mass is 194 g/mol. The number of carbonyl (C=O) groups is 1. The van der Waals surface area contributed by atoms with Crippen LogP contribution in [0.15, 0.2) is 18.2 Å². The van der Waals surface area contributed by atoms with Gasteiger partial charge >= 0.3 is 5.97 Å². The van der Waals surface area contributed by atoms with Gasteiger partial charge in [-0.25, -0.2) is 4.79 Å². The zero-order valence-corrected chi connectivity index (χ0v) is 8.03. The molecule has 76 valence electrons. The van der Waals surface area contributed by atoms with Crippen LogP contribution in [0.5, 0.6) is 0 Å². The predicted octanol–water partition coefficient (Wildman–Crippen LogP) is 0.857. The molecule has 1 unspecified atom stereocenters. The van der Waals surface area contributed by atoms with Crippen LogP contribution in [0.2, 0.25) is 0 Å². The molecular weight excluding hydrogens is 180 g/mol. The number of para-hydroxylation sites is 1. The van der Waals surface area contributed by atoms with E-state index in [0.717, 1.165) is 5.56 Å². The maximum atomic E-state index is 10.7. The Hall–Kier alpha value is -1.55. The number of benzene rings is 1. The van der Waals surface area contributed by atoms with Crippen molar-refractivity contribution in [3.8, 4) is 0 Å². The molecule has 1 aromatic carbocycles. The fourth-order valence-electron chi connectivity index (χ4n) is 1.32. The Morgan fingerprint density at radius 3 is 2.71 bits per heavy atom. The van der Waals surface area contributed by atoms with Crippen LogP contribution in [0, 0.1) is 0 Å². The van der Waals surface area contributed by atoms with E-state index in [9.17, 15) is 4.79 Å². The maximum Gasteiger partial charge on any atom is 0.337 e. The molecule has 14 heavy (non-hydrogen) atoms. The van der Waals surface area contributed by atoms with Gasteiger partial charge in [0.2, 0.25) is 0 Å². The van der Waals surface area contributed by atoms with Crippen molar-refractivity contribution in [1.29, 1.82) is 0 Å². The normalized spacial score (nSPS) is 12.4. The van der Waals surface area contributed by atoms with Crippen molar-refractivity contribution >= 4 is 11.7 Å². The van der Waals surface area contributed by atoms with E-state index in [-0.39, 0.29) is 11.6 Å². The molecule has 0 saturated heterocycles. The Labute approximate surface area is 82.5 Å². The minimum absolute atomic E-state index is 0.0265. The summed E-state index contributed by atoms with van der Waals surface area (Å²) in [6.45, 7) is 1.85. The van der Waals surface area contributed by atoms with Crippen LogP contribution in [0.25, 0.3) is 0 Å². The fourth-order valence-corrected chi connectivity index (χ4v) is 1.32. The van der Waals surface area contributed by atoms with E-state index in [4.69, 9.17) is 16.6 Å².